The van der Waals surface area contributed by atoms with Gasteiger partial charge in [0.05, 0.1) is 12.8 Å². The molecular weight excluding hydrogens is 224 g/mol. The summed E-state index contributed by atoms with van der Waals surface area (Å²) in [6.45, 7) is 5.95. The maximum atomic E-state index is 5.89. The molecule has 0 atom stereocenters. The molecule has 0 spiro atoms. The van der Waals surface area contributed by atoms with Crippen LogP contribution in [0.15, 0.2) is 12.1 Å². The van der Waals surface area contributed by atoms with Crippen LogP contribution in [0.5, 0.6) is 5.75 Å². The van der Waals surface area contributed by atoms with Gasteiger partial charge in [-0.05, 0) is 61.9 Å². The van der Waals surface area contributed by atoms with Crippen LogP contribution in [0.2, 0.25) is 0 Å². The third-order valence-corrected chi connectivity index (χ3v) is 4.32. The molecule has 3 nitrogen and oxygen atoms in total. The van der Waals surface area contributed by atoms with Gasteiger partial charge in [-0.3, -0.25) is 0 Å². The van der Waals surface area contributed by atoms with Crippen LogP contribution < -0.4 is 15.8 Å². The van der Waals surface area contributed by atoms with Crippen molar-refractivity contribution in [2.45, 2.75) is 33.1 Å². The molecule has 0 heterocycles. The number of aryl methyl sites for hydroxylation is 2. The van der Waals surface area contributed by atoms with E-state index in [1.807, 2.05) is 0 Å². The van der Waals surface area contributed by atoms with Crippen molar-refractivity contribution in [3.8, 4) is 5.75 Å². The highest BCUT2D eigenvalue weighted by atomic mass is 16.5. The lowest BCUT2D eigenvalue weighted by Crippen LogP contribution is -2.43. The molecule has 3 heteroatoms. The molecule has 1 aromatic rings. The van der Waals surface area contributed by atoms with Crippen LogP contribution in [0.25, 0.3) is 0 Å². The van der Waals surface area contributed by atoms with Gasteiger partial charge in [-0.2, -0.15) is 0 Å². The summed E-state index contributed by atoms with van der Waals surface area (Å²) >= 11 is 0. The van der Waals surface area contributed by atoms with Crippen molar-refractivity contribution in [1.82, 2.24) is 0 Å². The van der Waals surface area contributed by atoms with Crippen LogP contribution in [0, 0.1) is 19.3 Å². The van der Waals surface area contributed by atoms with Gasteiger partial charge in [0.15, 0.2) is 0 Å². The zero-order valence-electron chi connectivity index (χ0n) is 11.7. The van der Waals surface area contributed by atoms with Crippen LogP contribution in [-0.4, -0.2) is 20.2 Å². The molecule has 3 N–H and O–H groups in total. The highest BCUT2D eigenvalue weighted by Crippen LogP contribution is 2.40. The largest absolute Gasteiger partial charge is 0.495 e. The summed E-state index contributed by atoms with van der Waals surface area (Å²) in [5, 5.41) is 3.52. The lowest BCUT2D eigenvalue weighted by molar-refractivity contribution is 0.163. The number of ether oxygens (including phenoxy) is 1. The number of hydrogen-bond acceptors (Lipinski definition) is 3. The molecule has 1 aromatic carbocycles. The van der Waals surface area contributed by atoms with E-state index in [2.05, 4.69) is 31.3 Å². The third kappa shape index (κ3) is 2.46. The SMILES string of the molecule is COc1cc(C)c(C)cc1NCC1(CN)CCC1. The Bertz CT molecular complexity index is 419. The number of rotatable bonds is 5. The first kappa shape index (κ1) is 13.2. The minimum absolute atomic E-state index is 0.309. The second-order valence-electron chi connectivity index (χ2n) is 5.55. The van der Waals surface area contributed by atoms with Gasteiger partial charge in [0.1, 0.15) is 5.75 Å². The third-order valence-electron chi connectivity index (χ3n) is 4.32. The van der Waals surface area contributed by atoms with Gasteiger partial charge < -0.3 is 15.8 Å². The van der Waals surface area contributed by atoms with E-state index in [1.165, 1.54) is 30.4 Å². The Morgan fingerprint density at radius 1 is 1.28 bits per heavy atom. The van der Waals surface area contributed by atoms with Crippen LogP contribution in [0.4, 0.5) is 5.69 Å². The van der Waals surface area contributed by atoms with Crippen molar-refractivity contribution in [1.29, 1.82) is 0 Å². The van der Waals surface area contributed by atoms with Crippen molar-refractivity contribution in [3.05, 3.63) is 23.3 Å². The van der Waals surface area contributed by atoms with E-state index >= 15 is 0 Å². The van der Waals surface area contributed by atoms with E-state index in [-0.39, 0.29) is 0 Å². The van der Waals surface area contributed by atoms with E-state index in [0.717, 1.165) is 24.5 Å². The summed E-state index contributed by atoms with van der Waals surface area (Å²) < 4.78 is 5.44. The first-order chi connectivity index (χ1) is 8.60. The van der Waals surface area contributed by atoms with Crippen molar-refractivity contribution < 1.29 is 4.74 Å². The highest BCUT2D eigenvalue weighted by Gasteiger charge is 2.35. The van der Waals surface area contributed by atoms with Crippen molar-refractivity contribution in [2.75, 3.05) is 25.5 Å². The molecule has 1 saturated carbocycles. The lowest BCUT2D eigenvalue weighted by atomic mass is 9.69. The zero-order chi connectivity index (χ0) is 13.2. The average Bonchev–Trinajstić information content (AvgIpc) is 2.32. The fourth-order valence-corrected chi connectivity index (χ4v) is 2.51. The quantitative estimate of drug-likeness (QED) is 0.842. The van der Waals surface area contributed by atoms with E-state index in [9.17, 15) is 0 Å². The molecule has 2 rings (SSSR count). The molecule has 0 aromatic heterocycles. The summed E-state index contributed by atoms with van der Waals surface area (Å²) in [5.74, 6) is 0.921. The molecule has 18 heavy (non-hydrogen) atoms. The first-order valence-electron chi connectivity index (χ1n) is 6.69. The normalized spacial score (nSPS) is 17.1. The lowest BCUT2D eigenvalue weighted by Gasteiger charge is -2.41. The zero-order valence-corrected chi connectivity index (χ0v) is 11.7. The standard InChI is InChI=1S/C15H24N2O/c1-11-7-13(14(18-3)8-12(11)2)17-10-15(9-16)5-4-6-15/h7-8,17H,4-6,9-10,16H2,1-3H3. The highest BCUT2D eigenvalue weighted by molar-refractivity contribution is 5.60. The van der Waals surface area contributed by atoms with Crippen molar-refractivity contribution >= 4 is 5.69 Å². The van der Waals surface area contributed by atoms with Crippen LogP contribution in [0.1, 0.15) is 30.4 Å². The van der Waals surface area contributed by atoms with Gasteiger partial charge in [0, 0.05) is 6.54 Å². The maximum absolute atomic E-state index is 5.89. The Morgan fingerprint density at radius 2 is 1.94 bits per heavy atom. The Hall–Kier alpha value is -1.22. The van der Waals surface area contributed by atoms with E-state index in [1.54, 1.807) is 7.11 Å². The molecule has 1 aliphatic carbocycles. The summed E-state index contributed by atoms with van der Waals surface area (Å²) in [5.41, 5.74) is 9.82. The van der Waals surface area contributed by atoms with Crippen molar-refractivity contribution in [3.63, 3.8) is 0 Å². The minimum Gasteiger partial charge on any atom is -0.495 e. The van der Waals surface area contributed by atoms with E-state index in [0.29, 0.717) is 5.41 Å². The first-order valence-corrected chi connectivity index (χ1v) is 6.69. The number of anilines is 1. The summed E-state index contributed by atoms with van der Waals surface area (Å²) in [6.07, 6.45) is 3.79. The summed E-state index contributed by atoms with van der Waals surface area (Å²) in [6, 6.07) is 4.25. The molecular formula is C15H24N2O. The topological polar surface area (TPSA) is 47.3 Å². The van der Waals surface area contributed by atoms with E-state index in [4.69, 9.17) is 10.5 Å². The van der Waals surface area contributed by atoms with Gasteiger partial charge in [-0.1, -0.05) is 6.42 Å². The Morgan fingerprint density at radius 3 is 2.44 bits per heavy atom. The molecule has 1 aliphatic rings. The van der Waals surface area contributed by atoms with Gasteiger partial charge >= 0.3 is 0 Å². The molecule has 0 unspecified atom stereocenters. The maximum Gasteiger partial charge on any atom is 0.142 e. The van der Waals surface area contributed by atoms with Gasteiger partial charge in [0.2, 0.25) is 0 Å². The molecule has 0 radical (unpaired) electrons. The number of hydrogen-bond donors (Lipinski definition) is 2. The van der Waals surface area contributed by atoms with Gasteiger partial charge in [-0.15, -0.1) is 0 Å². The molecule has 0 bridgehead atoms. The second kappa shape index (κ2) is 5.19. The van der Waals surface area contributed by atoms with Crippen molar-refractivity contribution in [2.24, 2.45) is 11.1 Å². The van der Waals surface area contributed by atoms with Gasteiger partial charge in [0.25, 0.3) is 0 Å². The Kier molecular flexibility index (Phi) is 3.81. The fourth-order valence-electron chi connectivity index (χ4n) is 2.51. The molecule has 0 saturated heterocycles. The fraction of sp³-hybridized carbons (Fsp3) is 0.600. The molecule has 0 amide bonds. The summed E-state index contributed by atoms with van der Waals surface area (Å²) in [4.78, 5) is 0. The minimum atomic E-state index is 0.309. The number of methoxy groups -OCH3 is 1. The second-order valence-corrected chi connectivity index (χ2v) is 5.55. The van der Waals surface area contributed by atoms with Crippen LogP contribution in [-0.2, 0) is 0 Å². The molecule has 100 valence electrons. The summed E-state index contributed by atoms with van der Waals surface area (Å²) in [7, 11) is 1.72. The average molecular weight is 248 g/mol. The van der Waals surface area contributed by atoms with Gasteiger partial charge in [-0.25, -0.2) is 0 Å². The molecule has 1 fully saturated rings. The number of nitrogens with one attached hydrogen (secondary N) is 1. The monoisotopic (exact) mass is 248 g/mol. The van der Waals surface area contributed by atoms with E-state index < -0.39 is 0 Å². The smallest absolute Gasteiger partial charge is 0.142 e. The Labute approximate surface area is 110 Å². The number of nitrogens with two attached hydrogens (primary N) is 1. The Balaban J connectivity index is 2.11. The van der Waals surface area contributed by atoms with Crippen LogP contribution in [0.3, 0.4) is 0 Å². The number of benzene rings is 1. The van der Waals surface area contributed by atoms with Crippen LogP contribution >= 0.6 is 0 Å². The molecule has 0 aliphatic heterocycles. The predicted octanol–water partition coefficient (Wildman–Crippen LogP) is 2.85. The predicted molar refractivity (Wildman–Crippen MR) is 76.3 cm³/mol.